The van der Waals surface area contributed by atoms with Crippen LogP contribution in [-0.4, -0.2) is 44.4 Å². The van der Waals surface area contributed by atoms with Gasteiger partial charge >= 0.3 is 6.09 Å². The fourth-order valence-corrected chi connectivity index (χ4v) is 9.66. The lowest BCUT2D eigenvalue weighted by Crippen LogP contribution is -2.67. The fourth-order valence-electron chi connectivity index (χ4n) is 5.07. The molecule has 6 heteroatoms. The standard InChI is InChI=1S/C30H47NO4Si/c1-28(2,3)25(20-21-32)26(31-27(33)35-29(4,5)6)22-34-36(30(7,8)9,23-16-12-10-13-17-23)24-18-14-11-15-19-24/h10-19,25-26,32H,20-22H2,1-9H3,(H,31,33)/t25-,26+/m1/s1. The van der Waals surface area contributed by atoms with Crippen molar-refractivity contribution in [3.8, 4) is 0 Å². The van der Waals surface area contributed by atoms with E-state index in [1.165, 1.54) is 10.4 Å². The van der Waals surface area contributed by atoms with Gasteiger partial charge in [-0.2, -0.15) is 0 Å². The minimum absolute atomic E-state index is 0.0202. The molecular weight excluding hydrogens is 466 g/mol. The van der Waals surface area contributed by atoms with Crippen molar-refractivity contribution in [3.63, 3.8) is 0 Å². The highest BCUT2D eigenvalue weighted by molar-refractivity contribution is 6.99. The van der Waals surface area contributed by atoms with E-state index in [1.54, 1.807) is 0 Å². The lowest BCUT2D eigenvalue weighted by Gasteiger charge is -2.45. The monoisotopic (exact) mass is 513 g/mol. The quantitative estimate of drug-likeness (QED) is 0.435. The minimum atomic E-state index is -2.79. The molecule has 0 fully saturated rings. The smallest absolute Gasteiger partial charge is 0.407 e. The molecule has 5 nitrogen and oxygen atoms in total. The van der Waals surface area contributed by atoms with Gasteiger partial charge < -0.3 is 19.6 Å². The Morgan fingerprint density at radius 1 is 0.861 bits per heavy atom. The first-order valence-electron chi connectivity index (χ1n) is 13.0. The van der Waals surface area contributed by atoms with E-state index in [9.17, 15) is 9.90 Å². The van der Waals surface area contributed by atoms with Crippen LogP contribution in [-0.2, 0) is 9.16 Å². The number of nitrogens with one attached hydrogen (secondary N) is 1. The molecule has 0 bridgehead atoms. The minimum Gasteiger partial charge on any atom is -0.444 e. The molecule has 0 unspecified atom stereocenters. The molecular formula is C30H47NO4Si. The van der Waals surface area contributed by atoms with Gasteiger partial charge in [0, 0.05) is 6.61 Å². The number of ether oxygens (including phenoxy) is 1. The Hall–Kier alpha value is -2.15. The molecule has 2 rings (SSSR count). The average Bonchev–Trinajstić information content (AvgIpc) is 2.75. The molecule has 36 heavy (non-hydrogen) atoms. The van der Waals surface area contributed by atoms with E-state index in [1.807, 2.05) is 32.9 Å². The molecule has 0 aromatic heterocycles. The third-order valence-corrected chi connectivity index (χ3v) is 11.6. The maximum atomic E-state index is 12.9. The van der Waals surface area contributed by atoms with Crippen LogP contribution in [0.1, 0.15) is 68.7 Å². The van der Waals surface area contributed by atoms with Crippen molar-refractivity contribution in [2.75, 3.05) is 13.2 Å². The van der Waals surface area contributed by atoms with Gasteiger partial charge in [0.2, 0.25) is 0 Å². The zero-order valence-corrected chi connectivity index (χ0v) is 24.7. The number of hydrogen-bond donors (Lipinski definition) is 2. The highest BCUT2D eigenvalue weighted by Crippen LogP contribution is 2.38. The van der Waals surface area contributed by atoms with Crippen LogP contribution in [0.2, 0.25) is 5.04 Å². The van der Waals surface area contributed by atoms with Gasteiger partial charge in [-0.3, -0.25) is 0 Å². The number of aliphatic hydroxyl groups excluding tert-OH is 1. The van der Waals surface area contributed by atoms with Crippen LogP contribution < -0.4 is 15.7 Å². The number of carbonyl (C=O) groups excluding carboxylic acids is 1. The molecule has 0 spiro atoms. The second kappa shape index (κ2) is 11.9. The summed E-state index contributed by atoms with van der Waals surface area (Å²) in [7, 11) is -2.79. The van der Waals surface area contributed by atoms with Gasteiger partial charge in [0.25, 0.3) is 8.32 Å². The summed E-state index contributed by atoms with van der Waals surface area (Å²) < 4.78 is 12.8. The zero-order chi connectivity index (χ0) is 27.2. The Morgan fingerprint density at radius 2 is 1.33 bits per heavy atom. The van der Waals surface area contributed by atoms with Gasteiger partial charge in [0.15, 0.2) is 0 Å². The molecule has 0 saturated carbocycles. The zero-order valence-electron chi connectivity index (χ0n) is 23.7. The first-order chi connectivity index (χ1) is 16.6. The maximum Gasteiger partial charge on any atom is 0.407 e. The van der Waals surface area contributed by atoms with Gasteiger partial charge in [-0.1, -0.05) is 102 Å². The topological polar surface area (TPSA) is 67.8 Å². The number of carbonyl (C=O) groups is 1. The predicted octanol–water partition coefficient (Wildman–Crippen LogP) is 5.50. The molecule has 0 saturated heterocycles. The first-order valence-corrected chi connectivity index (χ1v) is 14.9. The third-order valence-electron chi connectivity index (χ3n) is 6.64. The van der Waals surface area contributed by atoms with Crippen molar-refractivity contribution < 1.29 is 19.1 Å². The van der Waals surface area contributed by atoms with Crippen LogP contribution in [0.3, 0.4) is 0 Å². The number of rotatable bonds is 9. The van der Waals surface area contributed by atoms with Gasteiger partial charge in [-0.25, -0.2) is 4.79 Å². The molecule has 0 aliphatic rings. The molecule has 2 atom stereocenters. The van der Waals surface area contributed by atoms with E-state index < -0.39 is 20.0 Å². The summed E-state index contributed by atoms with van der Waals surface area (Å²) in [6.45, 7) is 19.1. The Bertz CT molecular complexity index is 903. The lowest BCUT2D eigenvalue weighted by molar-refractivity contribution is 0.0380. The van der Waals surface area contributed by atoms with Crippen LogP contribution in [0.15, 0.2) is 60.7 Å². The van der Waals surface area contributed by atoms with E-state index in [0.29, 0.717) is 13.0 Å². The Kier molecular flexibility index (Phi) is 9.96. The molecule has 2 N–H and O–H groups in total. The number of alkyl carbamates (subject to hydrolysis) is 1. The summed E-state index contributed by atoms with van der Waals surface area (Å²) in [5, 5.41) is 15.2. The predicted molar refractivity (Wildman–Crippen MR) is 151 cm³/mol. The van der Waals surface area contributed by atoms with Crippen LogP contribution in [0.4, 0.5) is 4.79 Å². The summed E-state index contributed by atoms with van der Waals surface area (Å²) in [4.78, 5) is 12.9. The molecule has 0 aliphatic heterocycles. The van der Waals surface area contributed by atoms with Gasteiger partial charge in [-0.15, -0.1) is 0 Å². The highest BCUT2D eigenvalue weighted by atomic mass is 28.4. The van der Waals surface area contributed by atoms with Crippen molar-refractivity contribution in [1.29, 1.82) is 0 Å². The number of benzene rings is 2. The number of hydrogen-bond acceptors (Lipinski definition) is 4. The van der Waals surface area contributed by atoms with E-state index in [2.05, 4.69) is 95.4 Å². The number of amides is 1. The molecule has 200 valence electrons. The summed E-state index contributed by atoms with van der Waals surface area (Å²) in [6.07, 6.45) is 0.0828. The summed E-state index contributed by atoms with van der Waals surface area (Å²) in [5.74, 6) is -0.0202. The molecule has 1 amide bonds. The van der Waals surface area contributed by atoms with Gasteiger partial charge in [0.1, 0.15) is 5.60 Å². The highest BCUT2D eigenvalue weighted by Gasteiger charge is 2.51. The lowest BCUT2D eigenvalue weighted by atomic mass is 9.74. The third kappa shape index (κ3) is 7.67. The first kappa shape index (κ1) is 30.1. The van der Waals surface area contributed by atoms with Gasteiger partial charge in [-0.05, 0) is 53.9 Å². The molecule has 0 aliphatic carbocycles. The van der Waals surface area contributed by atoms with Gasteiger partial charge in [0.05, 0.1) is 12.6 Å². The van der Waals surface area contributed by atoms with Crippen molar-refractivity contribution in [1.82, 2.24) is 5.32 Å². The Morgan fingerprint density at radius 3 is 1.69 bits per heavy atom. The molecule has 0 heterocycles. The van der Waals surface area contributed by atoms with E-state index in [4.69, 9.17) is 9.16 Å². The number of aliphatic hydroxyl groups is 1. The van der Waals surface area contributed by atoms with Crippen molar-refractivity contribution in [2.24, 2.45) is 11.3 Å². The largest absolute Gasteiger partial charge is 0.444 e. The normalized spacial score (nSPS) is 14.7. The summed E-state index contributed by atoms with van der Waals surface area (Å²) >= 11 is 0. The summed E-state index contributed by atoms with van der Waals surface area (Å²) in [5.41, 5.74) is -0.779. The van der Waals surface area contributed by atoms with Crippen molar-refractivity contribution in [3.05, 3.63) is 60.7 Å². The second-order valence-corrected chi connectivity index (χ2v) is 17.0. The van der Waals surface area contributed by atoms with Crippen LogP contribution >= 0.6 is 0 Å². The van der Waals surface area contributed by atoms with E-state index in [0.717, 1.165) is 0 Å². The van der Waals surface area contributed by atoms with Crippen LogP contribution in [0, 0.1) is 11.3 Å². The van der Waals surface area contributed by atoms with Crippen LogP contribution in [0.5, 0.6) is 0 Å². The van der Waals surface area contributed by atoms with Crippen molar-refractivity contribution >= 4 is 24.8 Å². The summed E-state index contributed by atoms with van der Waals surface area (Å²) in [6, 6.07) is 20.6. The van der Waals surface area contributed by atoms with E-state index in [-0.39, 0.29) is 29.0 Å². The Balaban J connectivity index is 2.58. The van der Waals surface area contributed by atoms with E-state index >= 15 is 0 Å². The maximum absolute atomic E-state index is 12.9. The molecule has 0 radical (unpaired) electrons. The Labute approximate surface area is 219 Å². The SMILES string of the molecule is CC(C)(C)OC(=O)N[C@@H](CO[Si](c1ccccc1)(c1ccccc1)C(C)(C)C)[C@@H](CCO)C(C)(C)C. The van der Waals surface area contributed by atoms with Crippen LogP contribution in [0.25, 0.3) is 0 Å². The van der Waals surface area contributed by atoms with Crippen molar-refractivity contribution in [2.45, 2.75) is 85.4 Å². The molecule has 2 aromatic rings. The fraction of sp³-hybridized carbons (Fsp3) is 0.567. The molecule has 2 aromatic carbocycles. The second-order valence-electron chi connectivity index (χ2n) is 12.7. The average molecular weight is 514 g/mol.